The summed E-state index contributed by atoms with van der Waals surface area (Å²) in [6, 6.07) is 7.22. The smallest absolute Gasteiger partial charge is 0.319 e. The van der Waals surface area contributed by atoms with Crippen LogP contribution >= 0.6 is 0 Å². The molecule has 116 valence electrons. The van der Waals surface area contributed by atoms with Gasteiger partial charge in [0.15, 0.2) is 0 Å². The van der Waals surface area contributed by atoms with Crippen LogP contribution < -0.4 is 10.6 Å². The molecule has 2 N–H and O–H groups in total. The lowest BCUT2D eigenvalue weighted by molar-refractivity contribution is 0.207. The first-order valence-corrected chi connectivity index (χ1v) is 7.55. The average Bonchev–Trinajstić information content (AvgIpc) is 3.22. The fraction of sp³-hybridized carbons (Fsp3) is 0.375. The second-order valence-electron chi connectivity index (χ2n) is 5.35. The summed E-state index contributed by atoms with van der Waals surface area (Å²) in [6.07, 6.45) is 7.35. The highest BCUT2D eigenvalue weighted by atomic mass is 16.3. The Morgan fingerprint density at radius 2 is 2.05 bits per heavy atom. The highest BCUT2D eigenvalue weighted by molar-refractivity contribution is 5.89. The van der Waals surface area contributed by atoms with E-state index in [1.807, 2.05) is 12.1 Å². The van der Waals surface area contributed by atoms with Gasteiger partial charge in [-0.15, -0.1) is 0 Å². The van der Waals surface area contributed by atoms with E-state index in [4.69, 9.17) is 4.42 Å². The van der Waals surface area contributed by atoms with Crippen LogP contribution in [0.3, 0.4) is 0 Å². The van der Waals surface area contributed by atoms with Gasteiger partial charge in [0.2, 0.25) is 0 Å². The number of furan rings is 1. The Morgan fingerprint density at radius 3 is 2.73 bits per heavy atom. The highest BCUT2D eigenvalue weighted by Crippen LogP contribution is 2.24. The van der Waals surface area contributed by atoms with Crippen molar-refractivity contribution in [1.29, 1.82) is 0 Å². The second-order valence-corrected chi connectivity index (χ2v) is 5.35. The summed E-state index contributed by atoms with van der Waals surface area (Å²) in [4.78, 5) is 18.3. The van der Waals surface area contributed by atoms with Crippen molar-refractivity contribution in [3.05, 3.63) is 48.7 Å². The van der Waals surface area contributed by atoms with Crippen LogP contribution in [0.4, 0.5) is 10.5 Å². The van der Waals surface area contributed by atoms with Gasteiger partial charge in [-0.2, -0.15) is 0 Å². The molecule has 0 bridgehead atoms. The monoisotopic (exact) mass is 300 g/mol. The minimum Gasteiger partial charge on any atom is -0.468 e. The molecule has 1 atom stereocenters. The maximum Gasteiger partial charge on any atom is 0.319 e. The van der Waals surface area contributed by atoms with Crippen molar-refractivity contribution >= 4 is 11.7 Å². The molecule has 1 aliphatic rings. The SMILES string of the molecule is O=C(NC[C@@H](c1ccco1)N1CCCC1)Nc1ccncc1. The number of anilines is 1. The van der Waals surface area contributed by atoms with E-state index in [1.165, 1.54) is 12.8 Å². The van der Waals surface area contributed by atoms with Crippen LogP contribution in [0.15, 0.2) is 47.3 Å². The number of carbonyl (C=O) groups excluding carboxylic acids is 1. The van der Waals surface area contributed by atoms with Crippen LogP contribution in [-0.4, -0.2) is 35.5 Å². The average molecular weight is 300 g/mol. The molecule has 1 aliphatic heterocycles. The Hall–Kier alpha value is -2.34. The third-order valence-electron chi connectivity index (χ3n) is 3.85. The molecule has 0 aliphatic carbocycles. The molecule has 0 aromatic carbocycles. The number of likely N-dealkylation sites (tertiary alicyclic amines) is 1. The van der Waals surface area contributed by atoms with Crippen LogP contribution in [0.5, 0.6) is 0 Å². The lowest BCUT2D eigenvalue weighted by atomic mass is 10.2. The van der Waals surface area contributed by atoms with Crippen LogP contribution in [0.2, 0.25) is 0 Å². The van der Waals surface area contributed by atoms with Crippen molar-refractivity contribution < 1.29 is 9.21 Å². The third kappa shape index (κ3) is 3.65. The number of amides is 2. The number of hydrogen-bond donors (Lipinski definition) is 2. The lowest BCUT2D eigenvalue weighted by Crippen LogP contribution is -2.38. The number of nitrogens with zero attached hydrogens (tertiary/aromatic N) is 2. The second kappa shape index (κ2) is 7.09. The number of urea groups is 1. The van der Waals surface area contributed by atoms with E-state index in [0.29, 0.717) is 6.54 Å². The van der Waals surface area contributed by atoms with Gasteiger partial charge in [-0.05, 0) is 50.2 Å². The van der Waals surface area contributed by atoms with E-state index in [1.54, 1.807) is 30.8 Å². The molecule has 3 heterocycles. The van der Waals surface area contributed by atoms with Crippen LogP contribution in [0.1, 0.15) is 24.6 Å². The Balaban J connectivity index is 1.58. The molecular weight excluding hydrogens is 280 g/mol. The highest BCUT2D eigenvalue weighted by Gasteiger charge is 2.25. The molecule has 2 aromatic rings. The van der Waals surface area contributed by atoms with Gasteiger partial charge in [0.1, 0.15) is 5.76 Å². The van der Waals surface area contributed by atoms with Crippen molar-refractivity contribution in [3.8, 4) is 0 Å². The summed E-state index contributed by atoms with van der Waals surface area (Å²) in [6.45, 7) is 2.60. The van der Waals surface area contributed by atoms with Crippen LogP contribution in [-0.2, 0) is 0 Å². The largest absolute Gasteiger partial charge is 0.468 e. The number of rotatable bonds is 5. The maximum absolute atomic E-state index is 12.0. The molecule has 0 radical (unpaired) electrons. The number of pyridine rings is 1. The van der Waals surface area contributed by atoms with Crippen molar-refractivity contribution in [1.82, 2.24) is 15.2 Å². The Morgan fingerprint density at radius 1 is 1.27 bits per heavy atom. The van der Waals surface area contributed by atoms with Gasteiger partial charge in [0.25, 0.3) is 0 Å². The zero-order valence-corrected chi connectivity index (χ0v) is 12.4. The van der Waals surface area contributed by atoms with Crippen molar-refractivity contribution in [2.75, 3.05) is 25.0 Å². The standard InChI is InChI=1S/C16H20N4O2/c21-16(19-13-5-7-17-8-6-13)18-12-14(15-4-3-11-22-15)20-9-1-2-10-20/h3-8,11,14H,1-2,9-10,12H2,(H2,17,18,19,21)/t14-/m0/s1. The fourth-order valence-corrected chi connectivity index (χ4v) is 2.74. The number of hydrogen-bond acceptors (Lipinski definition) is 4. The van der Waals surface area contributed by atoms with Gasteiger partial charge >= 0.3 is 6.03 Å². The summed E-state index contributed by atoms with van der Waals surface area (Å²) in [7, 11) is 0. The molecule has 6 nitrogen and oxygen atoms in total. The normalized spacial score (nSPS) is 16.4. The summed E-state index contributed by atoms with van der Waals surface area (Å²) in [5.74, 6) is 0.895. The number of carbonyl (C=O) groups is 1. The first kappa shape index (κ1) is 14.6. The molecule has 1 fully saturated rings. The molecule has 6 heteroatoms. The topological polar surface area (TPSA) is 70.4 Å². The zero-order chi connectivity index (χ0) is 15.2. The van der Waals surface area contributed by atoms with Crippen LogP contribution in [0, 0.1) is 0 Å². The minimum atomic E-state index is -0.220. The first-order chi connectivity index (χ1) is 10.8. The van der Waals surface area contributed by atoms with Gasteiger partial charge in [-0.3, -0.25) is 9.88 Å². The van der Waals surface area contributed by atoms with Crippen molar-refractivity contribution in [2.24, 2.45) is 0 Å². The molecule has 1 saturated heterocycles. The van der Waals surface area contributed by atoms with E-state index in [2.05, 4.69) is 20.5 Å². The quantitative estimate of drug-likeness (QED) is 0.890. The Bertz CT molecular complexity index is 579. The summed E-state index contributed by atoms with van der Waals surface area (Å²) in [5.41, 5.74) is 0.725. The van der Waals surface area contributed by atoms with Gasteiger partial charge in [0, 0.05) is 24.6 Å². The summed E-state index contributed by atoms with van der Waals surface area (Å²) < 4.78 is 5.54. The minimum absolute atomic E-state index is 0.0840. The van der Waals surface area contributed by atoms with Gasteiger partial charge < -0.3 is 15.1 Å². The summed E-state index contributed by atoms with van der Waals surface area (Å²) >= 11 is 0. The van der Waals surface area contributed by atoms with Crippen LogP contribution in [0.25, 0.3) is 0 Å². The first-order valence-electron chi connectivity index (χ1n) is 7.55. The van der Waals surface area contributed by atoms with Gasteiger partial charge in [-0.25, -0.2) is 4.79 Å². The van der Waals surface area contributed by atoms with E-state index >= 15 is 0 Å². The van der Waals surface area contributed by atoms with Gasteiger partial charge in [-0.1, -0.05) is 0 Å². The van der Waals surface area contributed by atoms with E-state index in [0.717, 1.165) is 24.5 Å². The molecule has 22 heavy (non-hydrogen) atoms. The third-order valence-corrected chi connectivity index (χ3v) is 3.85. The molecule has 2 aromatic heterocycles. The number of aromatic nitrogens is 1. The fourth-order valence-electron chi connectivity index (χ4n) is 2.74. The zero-order valence-electron chi connectivity index (χ0n) is 12.4. The molecular formula is C16H20N4O2. The Labute approximate surface area is 129 Å². The molecule has 0 saturated carbocycles. The lowest BCUT2D eigenvalue weighted by Gasteiger charge is -2.26. The Kier molecular flexibility index (Phi) is 4.70. The maximum atomic E-state index is 12.0. The van der Waals surface area contributed by atoms with Crippen molar-refractivity contribution in [2.45, 2.75) is 18.9 Å². The molecule has 2 amide bonds. The molecule has 3 rings (SSSR count). The molecule has 0 unspecified atom stereocenters. The number of nitrogens with one attached hydrogen (secondary N) is 2. The van der Waals surface area contributed by atoms with Gasteiger partial charge in [0.05, 0.1) is 12.3 Å². The van der Waals surface area contributed by atoms with Crippen molar-refractivity contribution in [3.63, 3.8) is 0 Å². The predicted octanol–water partition coefficient (Wildman–Crippen LogP) is 2.63. The summed E-state index contributed by atoms with van der Waals surface area (Å²) in [5, 5.41) is 5.72. The predicted molar refractivity (Wildman–Crippen MR) is 83.5 cm³/mol. The van der Waals surface area contributed by atoms with E-state index in [9.17, 15) is 4.79 Å². The van der Waals surface area contributed by atoms with E-state index < -0.39 is 0 Å². The van der Waals surface area contributed by atoms with E-state index in [-0.39, 0.29) is 12.1 Å². The molecule has 0 spiro atoms.